The summed E-state index contributed by atoms with van der Waals surface area (Å²) in [6.07, 6.45) is 2.28. The number of anilines is 2. The van der Waals surface area contributed by atoms with Crippen molar-refractivity contribution in [1.82, 2.24) is 4.98 Å². The monoisotopic (exact) mass is 304 g/mol. The molecule has 1 rings (SSSR count). The van der Waals surface area contributed by atoms with Crippen LogP contribution in [0, 0.1) is 5.92 Å². The molecule has 1 aromatic rings. The molecule has 0 unspecified atom stereocenters. The molecule has 3 N–H and O–H groups in total. The normalized spacial score (nSPS) is 10.9. The molecule has 1 heterocycles. The Bertz CT molecular complexity index is 408. The fourth-order valence-corrected chi connectivity index (χ4v) is 2.54. The number of aromatic nitrogens is 1. The first-order chi connectivity index (χ1) is 9.07. The van der Waals surface area contributed by atoms with Crippen LogP contribution < -0.4 is 16.2 Å². The fraction of sp³-hybridized carbons (Fsp3) is 0.615. The van der Waals surface area contributed by atoms with Crippen LogP contribution in [0.15, 0.2) is 6.07 Å². The van der Waals surface area contributed by atoms with Crippen molar-refractivity contribution >= 4 is 34.8 Å². The Morgan fingerprint density at radius 1 is 1.26 bits per heavy atom. The third-order valence-electron chi connectivity index (χ3n) is 3.36. The number of nitrogens with zero attached hydrogens (tertiary/aromatic N) is 2. The van der Waals surface area contributed by atoms with Crippen molar-refractivity contribution in [1.29, 1.82) is 0 Å². The lowest BCUT2D eigenvalue weighted by Crippen LogP contribution is -2.30. The van der Waals surface area contributed by atoms with Gasteiger partial charge in [-0.05, 0) is 18.9 Å². The Morgan fingerprint density at radius 3 is 2.37 bits per heavy atom. The number of hydrazine groups is 1. The van der Waals surface area contributed by atoms with Crippen LogP contribution in [0.5, 0.6) is 0 Å². The van der Waals surface area contributed by atoms with Gasteiger partial charge in [0.05, 0.1) is 10.0 Å². The van der Waals surface area contributed by atoms with E-state index in [4.69, 9.17) is 29.0 Å². The van der Waals surface area contributed by atoms with E-state index in [1.54, 1.807) is 6.07 Å². The van der Waals surface area contributed by atoms with Gasteiger partial charge < -0.3 is 10.3 Å². The first kappa shape index (κ1) is 16.3. The van der Waals surface area contributed by atoms with Gasteiger partial charge in [-0.2, -0.15) is 0 Å². The summed E-state index contributed by atoms with van der Waals surface area (Å²) in [4.78, 5) is 6.57. The molecule has 0 bridgehead atoms. The molecule has 0 radical (unpaired) electrons. The van der Waals surface area contributed by atoms with Crippen LogP contribution in [0.25, 0.3) is 0 Å². The first-order valence-corrected chi connectivity index (χ1v) is 7.40. The quantitative estimate of drug-likeness (QED) is 0.592. The minimum absolute atomic E-state index is 0.426. The summed E-state index contributed by atoms with van der Waals surface area (Å²) in [6.45, 7) is 8.26. The smallest absolute Gasteiger partial charge is 0.161 e. The van der Waals surface area contributed by atoms with Crippen molar-refractivity contribution in [2.45, 2.75) is 33.6 Å². The molecule has 0 saturated carbocycles. The summed E-state index contributed by atoms with van der Waals surface area (Å²) in [5.41, 5.74) is 2.49. The van der Waals surface area contributed by atoms with E-state index >= 15 is 0 Å². The van der Waals surface area contributed by atoms with Crippen molar-refractivity contribution < 1.29 is 0 Å². The molecule has 0 aliphatic heterocycles. The SMILES string of the molecule is CCC(CC)CN(CC)c1nc(NN)c(Cl)cc1Cl. The van der Waals surface area contributed by atoms with Gasteiger partial charge in [0.25, 0.3) is 0 Å². The van der Waals surface area contributed by atoms with Gasteiger partial charge in [0.1, 0.15) is 5.82 Å². The number of nitrogens with two attached hydrogens (primary N) is 1. The molecular formula is C13H22Cl2N4. The lowest BCUT2D eigenvalue weighted by Gasteiger charge is -2.27. The molecule has 4 nitrogen and oxygen atoms in total. The van der Waals surface area contributed by atoms with Gasteiger partial charge in [0.2, 0.25) is 0 Å². The number of rotatable bonds is 7. The molecule has 0 amide bonds. The highest BCUT2D eigenvalue weighted by atomic mass is 35.5. The summed E-state index contributed by atoms with van der Waals surface area (Å²) >= 11 is 12.2. The van der Waals surface area contributed by atoms with Gasteiger partial charge >= 0.3 is 0 Å². The molecule has 0 aromatic carbocycles. The molecular weight excluding hydrogens is 283 g/mol. The molecule has 0 fully saturated rings. The van der Waals surface area contributed by atoms with Crippen molar-refractivity contribution in [2.75, 3.05) is 23.4 Å². The van der Waals surface area contributed by atoms with Gasteiger partial charge in [-0.15, -0.1) is 0 Å². The second-order valence-corrected chi connectivity index (χ2v) is 5.30. The number of hydrogen-bond donors (Lipinski definition) is 2. The van der Waals surface area contributed by atoms with Gasteiger partial charge in [-0.1, -0.05) is 49.9 Å². The standard InChI is InChI=1S/C13H22Cl2N4/c1-4-9(5-2)8-19(6-3)13-11(15)7-10(14)12(17-13)18-16/h7,9H,4-6,8,16H2,1-3H3,(H,17,18). The molecule has 0 saturated heterocycles. The predicted molar refractivity (Wildman–Crippen MR) is 84.0 cm³/mol. The maximum absolute atomic E-state index is 6.24. The zero-order valence-electron chi connectivity index (χ0n) is 11.7. The van der Waals surface area contributed by atoms with E-state index < -0.39 is 0 Å². The highest BCUT2D eigenvalue weighted by Gasteiger charge is 2.17. The summed E-state index contributed by atoms with van der Waals surface area (Å²) in [5.74, 6) is 7.21. The van der Waals surface area contributed by atoms with E-state index in [2.05, 4.69) is 36.1 Å². The zero-order valence-corrected chi connectivity index (χ0v) is 13.2. The fourth-order valence-electron chi connectivity index (χ4n) is 2.00. The Kier molecular flexibility index (Phi) is 6.69. The van der Waals surface area contributed by atoms with Crippen LogP contribution in [-0.2, 0) is 0 Å². The topological polar surface area (TPSA) is 54.2 Å². The average Bonchev–Trinajstić information content (AvgIpc) is 2.41. The lowest BCUT2D eigenvalue weighted by molar-refractivity contribution is 0.484. The van der Waals surface area contributed by atoms with Crippen molar-refractivity contribution in [2.24, 2.45) is 11.8 Å². The molecule has 0 aliphatic rings. The van der Waals surface area contributed by atoms with Crippen molar-refractivity contribution in [3.05, 3.63) is 16.1 Å². The summed E-state index contributed by atoms with van der Waals surface area (Å²) in [7, 11) is 0. The largest absolute Gasteiger partial charge is 0.355 e. The number of pyridine rings is 1. The number of nitrogens with one attached hydrogen (secondary N) is 1. The van der Waals surface area contributed by atoms with Crippen LogP contribution in [0.1, 0.15) is 33.6 Å². The summed E-state index contributed by atoms with van der Waals surface area (Å²) in [5, 5.41) is 0.978. The predicted octanol–water partition coefficient (Wildman–Crippen LogP) is 3.94. The second-order valence-electron chi connectivity index (χ2n) is 4.49. The van der Waals surface area contributed by atoms with Crippen molar-refractivity contribution in [3.63, 3.8) is 0 Å². The van der Waals surface area contributed by atoms with Crippen LogP contribution in [0.2, 0.25) is 10.0 Å². The minimum Gasteiger partial charge on any atom is -0.355 e. The van der Waals surface area contributed by atoms with Gasteiger partial charge in [0.15, 0.2) is 5.82 Å². The minimum atomic E-state index is 0.426. The molecule has 0 aliphatic carbocycles. The van der Waals surface area contributed by atoms with E-state index in [1.807, 2.05) is 0 Å². The highest BCUT2D eigenvalue weighted by Crippen LogP contribution is 2.31. The second kappa shape index (κ2) is 7.78. The van der Waals surface area contributed by atoms with Crippen molar-refractivity contribution in [3.8, 4) is 0 Å². The average molecular weight is 305 g/mol. The maximum Gasteiger partial charge on any atom is 0.161 e. The van der Waals surface area contributed by atoms with E-state index in [1.165, 1.54) is 0 Å². The molecule has 19 heavy (non-hydrogen) atoms. The lowest BCUT2D eigenvalue weighted by atomic mass is 10.0. The Morgan fingerprint density at radius 2 is 1.89 bits per heavy atom. The van der Waals surface area contributed by atoms with Crippen LogP contribution in [-0.4, -0.2) is 18.1 Å². The van der Waals surface area contributed by atoms with E-state index in [0.717, 1.165) is 31.7 Å². The third kappa shape index (κ3) is 4.13. The highest BCUT2D eigenvalue weighted by molar-refractivity contribution is 6.37. The first-order valence-electron chi connectivity index (χ1n) is 6.64. The van der Waals surface area contributed by atoms with Gasteiger partial charge in [0, 0.05) is 13.1 Å². The van der Waals surface area contributed by atoms with E-state index in [9.17, 15) is 0 Å². The molecule has 0 atom stereocenters. The molecule has 0 spiro atoms. The molecule has 108 valence electrons. The Balaban J connectivity index is 3.03. The van der Waals surface area contributed by atoms with Gasteiger partial charge in [-0.25, -0.2) is 10.8 Å². The Hall–Kier alpha value is -0.710. The number of halogens is 2. The van der Waals surface area contributed by atoms with E-state index in [0.29, 0.717) is 21.8 Å². The maximum atomic E-state index is 6.24. The Labute approximate surface area is 125 Å². The molecule has 6 heteroatoms. The number of nitrogen functional groups attached to an aromatic ring is 1. The molecule has 1 aromatic heterocycles. The van der Waals surface area contributed by atoms with Gasteiger partial charge in [-0.3, -0.25) is 0 Å². The summed E-state index contributed by atoms with van der Waals surface area (Å²) < 4.78 is 0. The van der Waals surface area contributed by atoms with E-state index in [-0.39, 0.29) is 0 Å². The van der Waals surface area contributed by atoms with Crippen LogP contribution >= 0.6 is 23.2 Å². The zero-order chi connectivity index (χ0) is 14.4. The third-order valence-corrected chi connectivity index (χ3v) is 3.93. The number of hydrogen-bond acceptors (Lipinski definition) is 4. The summed E-state index contributed by atoms with van der Waals surface area (Å²) in [6, 6.07) is 1.68. The van der Waals surface area contributed by atoms with Crippen LogP contribution in [0.4, 0.5) is 11.6 Å². The van der Waals surface area contributed by atoms with Crippen LogP contribution in [0.3, 0.4) is 0 Å².